The van der Waals surface area contributed by atoms with Gasteiger partial charge in [-0.05, 0) is 39.5 Å². The van der Waals surface area contributed by atoms with Crippen LogP contribution in [0.25, 0.3) is 0 Å². The Morgan fingerprint density at radius 3 is 2.76 bits per heavy atom. The molecule has 0 aromatic rings. The van der Waals surface area contributed by atoms with E-state index in [0.717, 1.165) is 25.9 Å². The molecular formula is C13H26N2O2. The maximum absolute atomic E-state index is 11.3. The molecule has 1 aliphatic rings. The third kappa shape index (κ3) is 5.04. The molecule has 0 amide bonds. The van der Waals surface area contributed by atoms with Gasteiger partial charge >= 0.3 is 5.97 Å². The maximum Gasteiger partial charge on any atom is 0.305 e. The molecule has 1 rings (SSSR count). The summed E-state index contributed by atoms with van der Waals surface area (Å²) in [5.74, 6) is 0.452. The van der Waals surface area contributed by atoms with Gasteiger partial charge in [0.1, 0.15) is 0 Å². The SMILES string of the molecule is CCOC(=O)CCC1CC(N)CN(C(C)C)C1. The maximum atomic E-state index is 11.3. The van der Waals surface area contributed by atoms with Crippen LogP contribution in [0, 0.1) is 5.92 Å². The Morgan fingerprint density at radius 2 is 2.18 bits per heavy atom. The van der Waals surface area contributed by atoms with Crippen molar-refractivity contribution in [2.45, 2.75) is 52.1 Å². The lowest BCUT2D eigenvalue weighted by atomic mass is 9.90. The minimum Gasteiger partial charge on any atom is -0.466 e. The van der Waals surface area contributed by atoms with Crippen LogP contribution in [-0.2, 0) is 9.53 Å². The van der Waals surface area contributed by atoms with Gasteiger partial charge in [0.25, 0.3) is 0 Å². The third-order valence-corrected chi connectivity index (χ3v) is 3.39. The fraction of sp³-hybridized carbons (Fsp3) is 0.923. The summed E-state index contributed by atoms with van der Waals surface area (Å²) in [6.45, 7) is 8.75. The molecule has 100 valence electrons. The first-order valence-electron chi connectivity index (χ1n) is 6.68. The Balaban J connectivity index is 2.35. The molecule has 2 unspecified atom stereocenters. The van der Waals surface area contributed by atoms with Gasteiger partial charge in [-0.25, -0.2) is 0 Å². The third-order valence-electron chi connectivity index (χ3n) is 3.39. The van der Waals surface area contributed by atoms with Crippen LogP contribution in [0.3, 0.4) is 0 Å². The second-order valence-corrected chi connectivity index (χ2v) is 5.25. The molecule has 4 nitrogen and oxygen atoms in total. The molecular weight excluding hydrogens is 216 g/mol. The van der Waals surface area contributed by atoms with E-state index < -0.39 is 0 Å². The van der Waals surface area contributed by atoms with Crippen LogP contribution in [0.15, 0.2) is 0 Å². The Kier molecular flexibility index (Phi) is 5.92. The summed E-state index contributed by atoms with van der Waals surface area (Å²) >= 11 is 0. The lowest BCUT2D eigenvalue weighted by Gasteiger charge is -2.38. The Labute approximate surface area is 104 Å². The quantitative estimate of drug-likeness (QED) is 0.740. The number of likely N-dealkylation sites (tertiary alicyclic amines) is 1. The molecule has 1 aliphatic heterocycles. The van der Waals surface area contributed by atoms with Gasteiger partial charge in [0.15, 0.2) is 0 Å². The van der Waals surface area contributed by atoms with Gasteiger partial charge in [0.05, 0.1) is 6.61 Å². The van der Waals surface area contributed by atoms with Crippen molar-refractivity contribution in [3.8, 4) is 0 Å². The first kappa shape index (κ1) is 14.5. The zero-order chi connectivity index (χ0) is 12.8. The molecule has 0 saturated carbocycles. The number of rotatable bonds is 5. The van der Waals surface area contributed by atoms with Crippen molar-refractivity contribution in [3.63, 3.8) is 0 Å². The number of carbonyl (C=O) groups excluding carboxylic acids is 1. The van der Waals surface area contributed by atoms with Crippen LogP contribution in [0.4, 0.5) is 0 Å². The predicted octanol–water partition coefficient (Wildman–Crippen LogP) is 1.39. The molecule has 0 aromatic heterocycles. The number of piperidine rings is 1. The molecule has 2 N–H and O–H groups in total. The summed E-state index contributed by atoms with van der Waals surface area (Å²) < 4.78 is 4.95. The Bertz CT molecular complexity index is 244. The van der Waals surface area contributed by atoms with E-state index >= 15 is 0 Å². The van der Waals surface area contributed by atoms with Gasteiger partial charge in [0, 0.05) is 31.6 Å². The molecule has 17 heavy (non-hydrogen) atoms. The number of ether oxygens (including phenoxy) is 1. The van der Waals surface area contributed by atoms with Crippen molar-refractivity contribution >= 4 is 5.97 Å². The van der Waals surface area contributed by atoms with Crippen molar-refractivity contribution in [2.75, 3.05) is 19.7 Å². The van der Waals surface area contributed by atoms with E-state index in [1.54, 1.807) is 0 Å². The zero-order valence-electron chi connectivity index (χ0n) is 11.3. The standard InChI is InChI=1S/C13H26N2O2/c1-4-17-13(16)6-5-11-7-12(14)9-15(8-11)10(2)3/h10-12H,4-9,14H2,1-3H3. The first-order chi connectivity index (χ1) is 8.02. The van der Waals surface area contributed by atoms with Crippen LogP contribution in [0.1, 0.15) is 40.0 Å². The average Bonchev–Trinajstić information content (AvgIpc) is 2.26. The molecule has 0 aromatic carbocycles. The van der Waals surface area contributed by atoms with Crippen molar-refractivity contribution in [1.29, 1.82) is 0 Å². The molecule has 0 radical (unpaired) electrons. The predicted molar refractivity (Wildman–Crippen MR) is 68.7 cm³/mol. The van der Waals surface area contributed by atoms with E-state index in [-0.39, 0.29) is 12.0 Å². The largest absolute Gasteiger partial charge is 0.466 e. The fourth-order valence-electron chi connectivity index (χ4n) is 2.47. The van der Waals surface area contributed by atoms with Crippen LogP contribution in [0.2, 0.25) is 0 Å². The summed E-state index contributed by atoms with van der Waals surface area (Å²) in [7, 11) is 0. The summed E-state index contributed by atoms with van der Waals surface area (Å²) in [5, 5.41) is 0. The van der Waals surface area contributed by atoms with Gasteiger partial charge in [-0.2, -0.15) is 0 Å². The highest BCUT2D eigenvalue weighted by molar-refractivity contribution is 5.69. The highest BCUT2D eigenvalue weighted by Crippen LogP contribution is 2.22. The Hall–Kier alpha value is -0.610. The van der Waals surface area contributed by atoms with Gasteiger partial charge in [-0.1, -0.05) is 0 Å². The molecule has 1 fully saturated rings. The van der Waals surface area contributed by atoms with Crippen molar-refractivity contribution in [2.24, 2.45) is 11.7 Å². The van der Waals surface area contributed by atoms with Gasteiger partial charge in [0.2, 0.25) is 0 Å². The van der Waals surface area contributed by atoms with Gasteiger partial charge in [-0.3, -0.25) is 9.69 Å². The molecule has 1 heterocycles. The smallest absolute Gasteiger partial charge is 0.305 e. The Morgan fingerprint density at radius 1 is 1.47 bits per heavy atom. The highest BCUT2D eigenvalue weighted by atomic mass is 16.5. The number of hydrogen-bond acceptors (Lipinski definition) is 4. The van der Waals surface area contributed by atoms with E-state index in [4.69, 9.17) is 10.5 Å². The van der Waals surface area contributed by atoms with Crippen molar-refractivity contribution in [1.82, 2.24) is 4.90 Å². The number of nitrogens with two attached hydrogens (primary N) is 1. The molecule has 0 aliphatic carbocycles. The van der Waals surface area contributed by atoms with E-state index in [1.165, 1.54) is 0 Å². The number of nitrogens with zero attached hydrogens (tertiary/aromatic N) is 1. The normalized spacial score (nSPS) is 26.2. The monoisotopic (exact) mass is 242 g/mol. The molecule has 4 heteroatoms. The number of carbonyl (C=O) groups is 1. The first-order valence-corrected chi connectivity index (χ1v) is 6.68. The minimum atomic E-state index is -0.0808. The van der Waals surface area contributed by atoms with Crippen LogP contribution in [-0.4, -0.2) is 42.6 Å². The zero-order valence-corrected chi connectivity index (χ0v) is 11.3. The molecule has 0 spiro atoms. The second kappa shape index (κ2) is 6.97. The van der Waals surface area contributed by atoms with E-state index in [1.807, 2.05) is 6.92 Å². The lowest BCUT2D eigenvalue weighted by molar-refractivity contribution is -0.143. The van der Waals surface area contributed by atoms with Crippen molar-refractivity contribution < 1.29 is 9.53 Å². The minimum absolute atomic E-state index is 0.0808. The topological polar surface area (TPSA) is 55.6 Å². The molecule has 1 saturated heterocycles. The van der Waals surface area contributed by atoms with Crippen molar-refractivity contribution in [3.05, 3.63) is 0 Å². The second-order valence-electron chi connectivity index (χ2n) is 5.25. The van der Waals surface area contributed by atoms with Crippen LogP contribution < -0.4 is 5.73 Å². The number of hydrogen-bond donors (Lipinski definition) is 1. The average molecular weight is 242 g/mol. The van der Waals surface area contributed by atoms with E-state index in [0.29, 0.717) is 25.0 Å². The highest BCUT2D eigenvalue weighted by Gasteiger charge is 2.26. The molecule has 2 atom stereocenters. The summed E-state index contributed by atoms with van der Waals surface area (Å²) in [6.07, 6.45) is 2.45. The van der Waals surface area contributed by atoms with Crippen LogP contribution in [0.5, 0.6) is 0 Å². The summed E-state index contributed by atoms with van der Waals surface area (Å²) in [5.41, 5.74) is 6.06. The number of esters is 1. The van der Waals surface area contributed by atoms with Gasteiger partial charge in [-0.15, -0.1) is 0 Å². The summed E-state index contributed by atoms with van der Waals surface area (Å²) in [6, 6.07) is 0.782. The van der Waals surface area contributed by atoms with E-state index in [2.05, 4.69) is 18.7 Å². The lowest BCUT2D eigenvalue weighted by Crippen LogP contribution is -2.49. The fourth-order valence-corrected chi connectivity index (χ4v) is 2.47. The van der Waals surface area contributed by atoms with Crippen LogP contribution >= 0.6 is 0 Å². The molecule has 0 bridgehead atoms. The summed E-state index contributed by atoms with van der Waals surface area (Å²) in [4.78, 5) is 13.7. The van der Waals surface area contributed by atoms with Gasteiger partial charge < -0.3 is 10.5 Å². The van der Waals surface area contributed by atoms with E-state index in [9.17, 15) is 4.79 Å².